The molecular weight excluding hydrogens is 186 g/mol. The maximum atomic E-state index is 10.2. The summed E-state index contributed by atoms with van der Waals surface area (Å²) in [6.45, 7) is 0. The van der Waals surface area contributed by atoms with Crippen LogP contribution in [0.2, 0.25) is 0 Å². The number of benzene rings is 1. The lowest BCUT2D eigenvalue weighted by atomic mass is 10.1. The summed E-state index contributed by atoms with van der Waals surface area (Å²) in [4.78, 5) is 10.2. The number of aromatic nitrogens is 1. The lowest BCUT2D eigenvalue weighted by Crippen LogP contribution is -1.88. The van der Waals surface area contributed by atoms with Crippen LogP contribution in [-0.2, 0) is 18.3 Å². The molecule has 2 aromatic rings. The van der Waals surface area contributed by atoms with E-state index in [1.807, 2.05) is 7.05 Å². The minimum absolute atomic E-state index is 0.660. The van der Waals surface area contributed by atoms with Gasteiger partial charge in [0.1, 0.15) is 6.29 Å². The highest BCUT2D eigenvalue weighted by Gasteiger charge is 1.99. The molecule has 15 heavy (non-hydrogen) atoms. The Balaban J connectivity index is 2.19. The Morgan fingerprint density at radius 1 is 1.33 bits per heavy atom. The van der Waals surface area contributed by atoms with Crippen LogP contribution in [0.1, 0.15) is 18.4 Å². The molecule has 78 valence electrons. The first kappa shape index (κ1) is 9.97. The van der Waals surface area contributed by atoms with Crippen LogP contribution in [0.25, 0.3) is 10.9 Å². The second kappa shape index (κ2) is 4.30. The molecule has 0 atom stereocenters. The molecule has 0 aliphatic rings. The summed E-state index contributed by atoms with van der Waals surface area (Å²) in [6, 6.07) is 8.62. The van der Waals surface area contributed by atoms with Crippen molar-refractivity contribution in [1.29, 1.82) is 0 Å². The number of fused-ring (bicyclic) bond motifs is 1. The number of hydrogen-bond acceptors (Lipinski definition) is 1. The second-order valence-electron chi connectivity index (χ2n) is 3.88. The largest absolute Gasteiger partial charge is 0.351 e. The van der Waals surface area contributed by atoms with E-state index in [-0.39, 0.29) is 0 Å². The van der Waals surface area contributed by atoms with Gasteiger partial charge in [-0.15, -0.1) is 0 Å². The predicted octanol–water partition coefficient (Wildman–Crippen LogP) is 2.70. The lowest BCUT2D eigenvalue weighted by molar-refractivity contribution is -0.107. The molecule has 0 saturated carbocycles. The molecule has 2 nitrogen and oxygen atoms in total. The van der Waals surface area contributed by atoms with E-state index < -0.39 is 0 Å². The molecule has 0 radical (unpaired) electrons. The minimum atomic E-state index is 0.660. The van der Waals surface area contributed by atoms with Gasteiger partial charge in [-0.1, -0.05) is 6.07 Å². The van der Waals surface area contributed by atoms with Crippen molar-refractivity contribution in [3.8, 4) is 0 Å². The van der Waals surface area contributed by atoms with Gasteiger partial charge in [0, 0.05) is 25.2 Å². The molecule has 0 bridgehead atoms. The molecule has 0 fully saturated rings. The van der Waals surface area contributed by atoms with Crippen LogP contribution in [0.5, 0.6) is 0 Å². The Morgan fingerprint density at radius 2 is 2.20 bits per heavy atom. The van der Waals surface area contributed by atoms with Gasteiger partial charge >= 0.3 is 0 Å². The van der Waals surface area contributed by atoms with Crippen molar-refractivity contribution >= 4 is 17.2 Å². The molecule has 0 aliphatic carbocycles. The highest BCUT2D eigenvalue weighted by atomic mass is 16.1. The summed E-state index contributed by atoms with van der Waals surface area (Å²) in [6.07, 6.45) is 5.65. The zero-order valence-corrected chi connectivity index (χ0v) is 8.94. The summed E-state index contributed by atoms with van der Waals surface area (Å²) in [5.74, 6) is 0. The third kappa shape index (κ3) is 2.09. The van der Waals surface area contributed by atoms with Crippen molar-refractivity contribution in [2.75, 3.05) is 0 Å². The average molecular weight is 201 g/mol. The maximum absolute atomic E-state index is 10.2. The lowest BCUT2D eigenvalue weighted by Gasteiger charge is -2.01. The predicted molar refractivity (Wildman–Crippen MR) is 61.9 cm³/mol. The molecular formula is C13H15NO. The smallest absolute Gasteiger partial charge is 0.120 e. The van der Waals surface area contributed by atoms with Crippen LogP contribution in [0.3, 0.4) is 0 Å². The van der Waals surface area contributed by atoms with Crippen molar-refractivity contribution in [2.24, 2.45) is 7.05 Å². The number of nitrogens with zero attached hydrogens (tertiary/aromatic N) is 1. The molecule has 0 amide bonds. The molecule has 0 saturated heterocycles. The molecule has 1 aromatic heterocycles. The van der Waals surface area contributed by atoms with Gasteiger partial charge in [0.2, 0.25) is 0 Å². The van der Waals surface area contributed by atoms with Crippen LogP contribution in [0, 0.1) is 0 Å². The number of carbonyl (C=O) groups excluding carboxylic acids is 1. The van der Waals surface area contributed by atoms with E-state index in [0.29, 0.717) is 6.42 Å². The van der Waals surface area contributed by atoms with Gasteiger partial charge in [0.05, 0.1) is 0 Å². The van der Waals surface area contributed by atoms with Gasteiger partial charge in [-0.25, -0.2) is 0 Å². The van der Waals surface area contributed by atoms with E-state index in [1.165, 1.54) is 16.5 Å². The van der Waals surface area contributed by atoms with Crippen LogP contribution in [0.4, 0.5) is 0 Å². The summed E-state index contributed by atoms with van der Waals surface area (Å²) in [5.41, 5.74) is 2.57. The first-order chi connectivity index (χ1) is 7.31. The number of aryl methyl sites for hydroxylation is 2. The Bertz CT molecular complexity index is 470. The first-order valence-electron chi connectivity index (χ1n) is 5.29. The van der Waals surface area contributed by atoms with E-state index in [0.717, 1.165) is 19.1 Å². The first-order valence-corrected chi connectivity index (χ1v) is 5.29. The maximum Gasteiger partial charge on any atom is 0.120 e. The van der Waals surface area contributed by atoms with Crippen molar-refractivity contribution in [2.45, 2.75) is 19.3 Å². The van der Waals surface area contributed by atoms with E-state index in [4.69, 9.17) is 0 Å². The van der Waals surface area contributed by atoms with Crippen molar-refractivity contribution in [3.05, 3.63) is 36.0 Å². The number of carbonyl (C=O) groups is 1. The second-order valence-corrected chi connectivity index (χ2v) is 3.88. The third-order valence-corrected chi connectivity index (χ3v) is 2.74. The topological polar surface area (TPSA) is 22.0 Å². The molecule has 1 heterocycles. The third-order valence-electron chi connectivity index (χ3n) is 2.74. The highest BCUT2D eigenvalue weighted by molar-refractivity contribution is 5.80. The van der Waals surface area contributed by atoms with Crippen LogP contribution >= 0.6 is 0 Å². The zero-order valence-electron chi connectivity index (χ0n) is 8.94. The zero-order chi connectivity index (χ0) is 10.7. The van der Waals surface area contributed by atoms with E-state index in [9.17, 15) is 4.79 Å². The average Bonchev–Trinajstić information content (AvgIpc) is 2.61. The highest BCUT2D eigenvalue weighted by Crippen LogP contribution is 2.17. The SMILES string of the molecule is Cn1ccc2cc(CCCC=O)ccc21. The van der Waals surface area contributed by atoms with Crippen molar-refractivity contribution in [3.63, 3.8) is 0 Å². The van der Waals surface area contributed by atoms with E-state index >= 15 is 0 Å². The molecule has 2 heteroatoms. The Labute approximate surface area is 89.5 Å². The number of unbranched alkanes of at least 4 members (excludes halogenated alkanes) is 1. The van der Waals surface area contributed by atoms with Gasteiger partial charge in [-0.05, 0) is 42.0 Å². The molecule has 1 aromatic carbocycles. The van der Waals surface area contributed by atoms with Gasteiger partial charge in [0.25, 0.3) is 0 Å². The van der Waals surface area contributed by atoms with Crippen LogP contribution in [-0.4, -0.2) is 10.9 Å². The Kier molecular flexibility index (Phi) is 2.86. The Morgan fingerprint density at radius 3 is 3.00 bits per heavy atom. The Hall–Kier alpha value is -1.57. The summed E-state index contributed by atoms with van der Waals surface area (Å²) in [7, 11) is 2.05. The fourth-order valence-electron chi connectivity index (χ4n) is 1.88. The minimum Gasteiger partial charge on any atom is -0.351 e. The van der Waals surface area contributed by atoms with Gasteiger partial charge < -0.3 is 9.36 Å². The van der Waals surface area contributed by atoms with Crippen molar-refractivity contribution < 1.29 is 4.79 Å². The molecule has 0 spiro atoms. The van der Waals surface area contributed by atoms with Gasteiger partial charge in [-0.2, -0.15) is 0 Å². The molecule has 0 N–H and O–H groups in total. The normalized spacial score (nSPS) is 10.7. The van der Waals surface area contributed by atoms with Gasteiger partial charge in [-0.3, -0.25) is 0 Å². The summed E-state index contributed by atoms with van der Waals surface area (Å²) >= 11 is 0. The fraction of sp³-hybridized carbons (Fsp3) is 0.308. The number of aldehydes is 1. The quantitative estimate of drug-likeness (QED) is 0.550. The van der Waals surface area contributed by atoms with Crippen molar-refractivity contribution in [1.82, 2.24) is 4.57 Å². The van der Waals surface area contributed by atoms with E-state index in [1.54, 1.807) is 0 Å². The summed E-state index contributed by atoms with van der Waals surface area (Å²) < 4.78 is 2.12. The summed E-state index contributed by atoms with van der Waals surface area (Å²) in [5, 5.41) is 1.28. The van der Waals surface area contributed by atoms with Gasteiger partial charge in [0.15, 0.2) is 0 Å². The standard InChI is InChI=1S/C13H15NO/c1-14-8-7-12-10-11(4-2-3-9-15)5-6-13(12)14/h5-10H,2-4H2,1H3. The monoisotopic (exact) mass is 201 g/mol. The number of hydrogen-bond donors (Lipinski definition) is 0. The number of rotatable bonds is 4. The molecule has 0 unspecified atom stereocenters. The van der Waals surface area contributed by atoms with E-state index in [2.05, 4.69) is 35.0 Å². The fourth-order valence-corrected chi connectivity index (χ4v) is 1.88. The van der Waals surface area contributed by atoms with Crippen LogP contribution in [0.15, 0.2) is 30.5 Å². The van der Waals surface area contributed by atoms with Crippen LogP contribution < -0.4 is 0 Å². The molecule has 0 aliphatic heterocycles. The molecule has 2 rings (SSSR count).